The standard InChI is InChI=1S/C32H39N2/c1-3-4-5-6-16-23-31(34-25-24-33(27-34)30-21-14-9-15-22-30)32(2,29-19-12-8-13-20-29)26-28-17-10-7-11-18-28/h7-15,17-22,24-25,27,31H,3-6,16,23,26H2,1-2H3/q+1. The number of nitrogens with zero attached hydrogens (tertiary/aromatic N) is 2. The van der Waals surface area contributed by atoms with Crippen LogP contribution in [0.3, 0.4) is 0 Å². The fourth-order valence-corrected chi connectivity index (χ4v) is 5.30. The minimum atomic E-state index is -0.0269. The monoisotopic (exact) mass is 451 g/mol. The van der Waals surface area contributed by atoms with Crippen molar-refractivity contribution in [2.45, 2.75) is 70.3 Å². The second-order valence-corrected chi connectivity index (χ2v) is 9.77. The lowest BCUT2D eigenvalue weighted by Crippen LogP contribution is -2.50. The molecule has 34 heavy (non-hydrogen) atoms. The molecule has 0 fully saturated rings. The van der Waals surface area contributed by atoms with Gasteiger partial charge in [-0.05, 0) is 42.5 Å². The highest BCUT2D eigenvalue weighted by Gasteiger charge is 2.40. The summed E-state index contributed by atoms with van der Waals surface area (Å²) in [6.07, 6.45) is 15.5. The molecule has 0 spiro atoms. The van der Waals surface area contributed by atoms with E-state index in [4.69, 9.17) is 0 Å². The molecule has 0 amide bonds. The average molecular weight is 452 g/mol. The van der Waals surface area contributed by atoms with Crippen LogP contribution in [-0.2, 0) is 11.8 Å². The van der Waals surface area contributed by atoms with Crippen LogP contribution in [0.5, 0.6) is 0 Å². The molecule has 1 aromatic heterocycles. The van der Waals surface area contributed by atoms with Crippen LogP contribution in [0.1, 0.15) is 69.5 Å². The Morgan fingerprint density at radius 3 is 2.06 bits per heavy atom. The zero-order chi connectivity index (χ0) is 23.6. The highest BCUT2D eigenvalue weighted by atomic mass is 15.1. The summed E-state index contributed by atoms with van der Waals surface area (Å²) >= 11 is 0. The van der Waals surface area contributed by atoms with Gasteiger partial charge >= 0.3 is 0 Å². The SMILES string of the molecule is CCCCCCCC([n+]1ccn(-c2ccccc2)c1)C(C)(Cc1ccccc1)c1ccccc1. The summed E-state index contributed by atoms with van der Waals surface area (Å²) in [5.41, 5.74) is 3.98. The summed E-state index contributed by atoms with van der Waals surface area (Å²) in [5, 5.41) is 0. The van der Waals surface area contributed by atoms with Gasteiger partial charge in [-0.2, -0.15) is 0 Å². The first kappa shape index (κ1) is 24.0. The van der Waals surface area contributed by atoms with Crippen LogP contribution in [0.25, 0.3) is 5.69 Å². The molecule has 0 radical (unpaired) electrons. The third-order valence-electron chi connectivity index (χ3n) is 7.24. The fourth-order valence-electron chi connectivity index (χ4n) is 5.30. The smallest absolute Gasteiger partial charge is 0.233 e. The van der Waals surface area contributed by atoms with Crippen LogP contribution in [0.4, 0.5) is 0 Å². The number of benzene rings is 3. The van der Waals surface area contributed by atoms with Gasteiger partial charge in [-0.3, -0.25) is 0 Å². The van der Waals surface area contributed by atoms with Crippen molar-refractivity contribution in [3.8, 4) is 5.69 Å². The Hall–Kier alpha value is -3.13. The van der Waals surface area contributed by atoms with Crippen LogP contribution in [0, 0.1) is 0 Å². The number of rotatable bonds is 12. The summed E-state index contributed by atoms with van der Waals surface area (Å²) in [7, 11) is 0. The molecular formula is C32H39N2+. The summed E-state index contributed by atoms with van der Waals surface area (Å²) in [5.74, 6) is 0. The number of para-hydroxylation sites is 1. The minimum Gasteiger partial charge on any atom is -0.233 e. The van der Waals surface area contributed by atoms with Crippen molar-refractivity contribution in [2.75, 3.05) is 0 Å². The van der Waals surface area contributed by atoms with E-state index < -0.39 is 0 Å². The Labute approximate surface area is 205 Å². The van der Waals surface area contributed by atoms with Crippen molar-refractivity contribution in [3.05, 3.63) is 121 Å². The van der Waals surface area contributed by atoms with Gasteiger partial charge in [-0.1, -0.05) is 118 Å². The summed E-state index contributed by atoms with van der Waals surface area (Å²) in [6, 6.07) is 33.1. The lowest BCUT2D eigenvalue weighted by molar-refractivity contribution is -0.732. The van der Waals surface area contributed by atoms with E-state index in [1.807, 2.05) is 0 Å². The largest absolute Gasteiger partial charge is 0.249 e. The van der Waals surface area contributed by atoms with E-state index in [9.17, 15) is 0 Å². The maximum atomic E-state index is 2.47. The first-order valence-corrected chi connectivity index (χ1v) is 12.9. The molecule has 0 aliphatic heterocycles. The Morgan fingerprint density at radius 2 is 1.38 bits per heavy atom. The van der Waals surface area contributed by atoms with E-state index in [0.29, 0.717) is 6.04 Å². The number of hydrogen-bond acceptors (Lipinski definition) is 0. The predicted octanol–water partition coefficient (Wildman–Crippen LogP) is 7.87. The number of hydrogen-bond donors (Lipinski definition) is 0. The highest BCUT2D eigenvalue weighted by Crippen LogP contribution is 2.39. The van der Waals surface area contributed by atoms with Gasteiger partial charge in [0.2, 0.25) is 6.33 Å². The molecule has 0 bridgehead atoms. The number of aromatic nitrogens is 2. The van der Waals surface area contributed by atoms with Crippen molar-refractivity contribution in [2.24, 2.45) is 0 Å². The van der Waals surface area contributed by atoms with E-state index in [1.54, 1.807) is 0 Å². The van der Waals surface area contributed by atoms with Crippen molar-refractivity contribution >= 4 is 0 Å². The molecule has 0 saturated heterocycles. The molecule has 0 saturated carbocycles. The van der Waals surface area contributed by atoms with E-state index >= 15 is 0 Å². The van der Waals surface area contributed by atoms with Gasteiger partial charge < -0.3 is 0 Å². The lowest BCUT2D eigenvalue weighted by Gasteiger charge is -2.37. The van der Waals surface area contributed by atoms with Crippen LogP contribution >= 0.6 is 0 Å². The molecule has 2 heteroatoms. The van der Waals surface area contributed by atoms with Crippen LogP contribution in [0.15, 0.2) is 110 Å². The molecule has 176 valence electrons. The molecule has 0 aliphatic rings. The Kier molecular flexibility index (Phi) is 8.36. The Balaban J connectivity index is 1.71. The van der Waals surface area contributed by atoms with Crippen molar-refractivity contribution in [1.29, 1.82) is 0 Å². The molecule has 2 unspecified atom stereocenters. The highest BCUT2D eigenvalue weighted by molar-refractivity contribution is 5.31. The number of imidazole rings is 1. The Bertz CT molecular complexity index is 1100. The van der Waals surface area contributed by atoms with Crippen LogP contribution in [-0.4, -0.2) is 4.57 Å². The second-order valence-electron chi connectivity index (χ2n) is 9.77. The first-order chi connectivity index (χ1) is 16.7. The second kappa shape index (κ2) is 11.8. The fraction of sp³-hybridized carbons (Fsp3) is 0.344. The molecule has 0 aliphatic carbocycles. The average Bonchev–Trinajstić information content (AvgIpc) is 3.37. The topological polar surface area (TPSA) is 8.81 Å². The van der Waals surface area contributed by atoms with Gasteiger partial charge in [0.15, 0.2) is 0 Å². The van der Waals surface area contributed by atoms with Gasteiger partial charge in [0.25, 0.3) is 0 Å². The van der Waals surface area contributed by atoms with E-state index in [0.717, 1.165) is 6.42 Å². The van der Waals surface area contributed by atoms with Gasteiger partial charge in [0.1, 0.15) is 24.1 Å². The molecule has 2 nitrogen and oxygen atoms in total. The summed E-state index contributed by atoms with van der Waals surface area (Å²) in [6.45, 7) is 4.76. The van der Waals surface area contributed by atoms with Gasteiger partial charge in [-0.25, -0.2) is 9.13 Å². The van der Waals surface area contributed by atoms with E-state index in [-0.39, 0.29) is 5.41 Å². The molecule has 4 aromatic rings. The van der Waals surface area contributed by atoms with Gasteiger partial charge in [-0.15, -0.1) is 0 Å². The minimum absolute atomic E-state index is 0.0269. The van der Waals surface area contributed by atoms with E-state index in [2.05, 4.69) is 133 Å². The van der Waals surface area contributed by atoms with Crippen molar-refractivity contribution in [3.63, 3.8) is 0 Å². The quantitative estimate of drug-likeness (QED) is 0.153. The first-order valence-electron chi connectivity index (χ1n) is 12.9. The summed E-state index contributed by atoms with van der Waals surface area (Å²) in [4.78, 5) is 0. The maximum Gasteiger partial charge on any atom is 0.249 e. The zero-order valence-electron chi connectivity index (χ0n) is 20.8. The molecule has 2 atom stereocenters. The van der Waals surface area contributed by atoms with Crippen LogP contribution in [0.2, 0.25) is 0 Å². The maximum absolute atomic E-state index is 2.47. The predicted molar refractivity (Wildman–Crippen MR) is 142 cm³/mol. The van der Waals surface area contributed by atoms with Crippen molar-refractivity contribution in [1.82, 2.24) is 4.57 Å². The van der Waals surface area contributed by atoms with E-state index in [1.165, 1.54) is 55.3 Å². The summed E-state index contributed by atoms with van der Waals surface area (Å²) < 4.78 is 4.72. The normalized spacial score (nSPS) is 13.9. The zero-order valence-corrected chi connectivity index (χ0v) is 20.8. The molecular weight excluding hydrogens is 412 g/mol. The number of unbranched alkanes of at least 4 members (excludes halogenated alkanes) is 4. The third-order valence-corrected chi connectivity index (χ3v) is 7.24. The van der Waals surface area contributed by atoms with Crippen molar-refractivity contribution < 1.29 is 4.57 Å². The van der Waals surface area contributed by atoms with Crippen LogP contribution < -0.4 is 4.57 Å². The Morgan fingerprint density at radius 1 is 0.765 bits per heavy atom. The molecule has 4 rings (SSSR count). The molecule has 1 heterocycles. The van der Waals surface area contributed by atoms with Gasteiger partial charge in [0.05, 0.1) is 0 Å². The van der Waals surface area contributed by atoms with Gasteiger partial charge in [0, 0.05) is 5.41 Å². The lowest BCUT2D eigenvalue weighted by atomic mass is 9.70. The molecule has 3 aromatic carbocycles. The third kappa shape index (κ3) is 5.86. The molecule has 0 N–H and O–H groups in total.